The lowest BCUT2D eigenvalue weighted by Crippen LogP contribution is -2.45. The molecule has 2 aliphatic rings. The molecule has 2 aliphatic heterocycles. The first kappa shape index (κ1) is 27.6. The number of aromatic nitrogens is 2. The van der Waals surface area contributed by atoms with E-state index < -0.39 is 17.9 Å². The van der Waals surface area contributed by atoms with Gasteiger partial charge in [0.2, 0.25) is 11.5 Å². The molecule has 0 spiro atoms. The molecular formula is C31H36N4O5. The third kappa shape index (κ3) is 5.94. The third-order valence-corrected chi connectivity index (χ3v) is 8.07. The number of nitrogens with zero attached hydrogens (tertiary/aromatic N) is 4. The lowest BCUT2D eigenvalue weighted by Gasteiger charge is -2.29. The van der Waals surface area contributed by atoms with Crippen molar-refractivity contribution in [1.29, 1.82) is 0 Å². The number of carbonyl (C=O) groups is 2. The zero-order chi connectivity index (χ0) is 28.1. The van der Waals surface area contributed by atoms with Crippen LogP contribution in [0.1, 0.15) is 43.2 Å². The quantitative estimate of drug-likeness (QED) is 0.394. The Balaban J connectivity index is 1.45. The summed E-state index contributed by atoms with van der Waals surface area (Å²) in [5.41, 5.74) is 2.64. The van der Waals surface area contributed by atoms with Gasteiger partial charge in [0.1, 0.15) is 5.75 Å². The average molecular weight is 545 g/mol. The molecule has 9 nitrogen and oxygen atoms in total. The third-order valence-electron chi connectivity index (χ3n) is 8.07. The Bertz CT molecular complexity index is 1390. The Kier molecular flexibility index (Phi) is 8.60. The number of likely N-dealkylation sites (tertiary alicyclic amines) is 1. The first-order valence-electron chi connectivity index (χ1n) is 14.0. The minimum atomic E-state index is -0.891. The number of aryl methyl sites for hydroxylation is 1. The molecule has 40 heavy (non-hydrogen) atoms. The summed E-state index contributed by atoms with van der Waals surface area (Å²) in [7, 11) is 0. The van der Waals surface area contributed by atoms with Crippen LogP contribution in [-0.4, -0.2) is 63.7 Å². The van der Waals surface area contributed by atoms with Gasteiger partial charge in [-0.05, 0) is 48.2 Å². The minimum Gasteiger partial charge on any atom is -0.493 e. The predicted octanol–water partition coefficient (Wildman–Crippen LogP) is 3.57. The van der Waals surface area contributed by atoms with Gasteiger partial charge in [-0.25, -0.2) is 0 Å². The number of carbonyl (C=O) groups excluding carboxylic acids is 1. The fourth-order valence-corrected chi connectivity index (χ4v) is 6.03. The summed E-state index contributed by atoms with van der Waals surface area (Å²) in [6.07, 6.45) is 8.10. The predicted molar refractivity (Wildman–Crippen MR) is 152 cm³/mol. The van der Waals surface area contributed by atoms with Crippen LogP contribution in [0.25, 0.3) is 0 Å². The van der Waals surface area contributed by atoms with E-state index in [4.69, 9.17) is 4.74 Å². The van der Waals surface area contributed by atoms with Crippen molar-refractivity contribution in [3.63, 3.8) is 0 Å². The van der Waals surface area contributed by atoms with Gasteiger partial charge < -0.3 is 19.3 Å². The van der Waals surface area contributed by atoms with Crippen LogP contribution in [0.15, 0.2) is 71.9 Å². The van der Waals surface area contributed by atoms with Crippen LogP contribution in [0.2, 0.25) is 0 Å². The maximum Gasteiger partial charge on any atom is 0.308 e. The van der Waals surface area contributed by atoms with E-state index >= 15 is 0 Å². The second-order valence-electron chi connectivity index (χ2n) is 10.6. The van der Waals surface area contributed by atoms with Crippen molar-refractivity contribution >= 4 is 17.6 Å². The zero-order valence-corrected chi connectivity index (χ0v) is 22.8. The van der Waals surface area contributed by atoms with E-state index in [0.717, 1.165) is 41.8 Å². The van der Waals surface area contributed by atoms with Crippen LogP contribution in [-0.2, 0) is 22.6 Å². The van der Waals surface area contributed by atoms with Crippen molar-refractivity contribution in [3.05, 3.63) is 88.6 Å². The van der Waals surface area contributed by atoms with Gasteiger partial charge in [-0.2, -0.15) is 0 Å². The van der Waals surface area contributed by atoms with Crippen LogP contribution in [0, 0.1) is 5.92 Å². The summed E-state index contributed by atoms with van der Waals surface area (Å²) in [4.78, 5) is 47.0. The molecule has 0 radical (unpaired) electrons. The Labute approximate surface area is 234 Å². The SMILES string of the molecule is CCCCN(C(=O)CN1C[C@H](c2ccc3c(c2)CCO3)C(C(=O)O)[C@@H]1CCn1ccccc1=O)c1cccnc1. The number of aliphatic carboxylic acids is 1. The summed E-state index contributed by atoms with van der Waals surface area (Å²) in [6, 6.07) is 14.2. The monoisotopic (exact) mass is 544 g/mol. The van der Waals surface area contributed by atoms with E-state index in [0.29, 0.717) is 32.7 Å². The Morgan fingerprint density at radius 1 is 1.18 bits per heavy atom. The number of rotatable bonds is 11. The van der Waals surface area contributed by atoms with E-state index in [2.05, 4.69) is 18.0 Å². The largest absolute Gasteiger partial charge is 0.493 e. The number of fused-ring (bicyclic) bond motifs is 1. The van der Waals surface area contributed by atoms with E-state index in [1.807, 2.05) is 29.2 Å². The number of benzene rings is 1. The molecule has 5 rings (SSSR count). The molecule has 4 heterocycles. The number of amides is 1. The van der Waals surface area contributed by atoms with Crippen molar-refractivity contribution < 1.29 is 19.4 Å². The van der Waals surface area contributed by atoms with Gasteiger partial charge in [0.15, 0.2) is 0 Å². The Hall–Kier alpha value is -3.98. The van der Waals surface area contributed by atoms with E-state index in [1.54, 1.807) is 40.2 Å². The molecular weight excluding hydrogens is 508 g/mol. The first-order valence-corrected chi connectivity index (χ1v) is 14.0. The smallest absolute Gasteiger partial charge is 0.308 e. The number of ether oxygens (including phenoxy) is 1. The molecule has 0 saturated carbocycles. The summed E-state index contributed by atoms with van der Waals surface area (Å²) >= 11 is 0. The van der Waals surface area contributed by atoms with E-state index in [-0.39, 0.29) is 23.9 Å². The summed E-state index contributed by atoms with van der Waals surface area (Å²) in [5, 5.41) is 10.5. The lowest BCUT2D eigenvalue weighted by molar-refractivity contribution is -0.143. The van der Waals surface area contributed by atoms with Crippen LogP contribution >= 0.6 is 0 Å². The minimum absolute atomic E-state index is 0.0846. The second-order valence-corrected chi connectivity index (χ2v) is 10.6. The van der Waals surface area contributed by atoms with E-state index in [1.165, 1.54) is 6.07 Å². The van der Waals surface area contributed by atoms with Gasteiger partial charge in [0.05, 0.1) is 31.0 Å². The summed E-state index contributed by atoms with van der Waals surface area (Å²) in [5.74, 6) is -1.15. The molecule has 1 saturated heterocycles. The van der Waals surface area contributed by atoms with Crippen molar-refractivity contribution in [1.82, 2.24) is 14.5 Å². The number of carboxylic acid groups (broad SMARTS) is 1. The fourth-order valence-electron chi connectivity index (χ4n) is 6.03. The summed E-state index contributed by atoms with van der Waals surface area (Å²) < 4.78 is 7.27. The number of hydrogen-bond donors (Lipinski definition) is 1. The molecule has 3 aromatic rings. The van der Waals surface area contributed by atoms with Crippen molar-refractivity contribution in [3.8, 4) is 5.75 Å². The van der Waals surface area contributed by atoms with Gasteiger partial charge in [-0.15, -0.1) is 0 Å². The Morgan fingerprint density at radius 3 is 2.80 bits per heavy atom. The molecule has 2 aromatic heterocycles. The van der Waals surface area contributed by atoms with Gasteiger partial charge in [0, 0.05) is 56.5 Å². The highest BCUT2D eigenvalue weighted by molar-refractivity contribution is 5.94. The van der Waals surface area contributed by atoms with Crippen molar-refractivity contribution in [2.75, 3.05) is 31.1 Å². The van der Waals surface area contributed by atoms with Crippen molar-refractivity contribution in [2.45, 2.75) is 51.1 Å². The standard InChI is InChI=1S/C31H36N4O5/c1-2-3-15-35(24-7-6-13-32-19-24)29(37)21-34-20-25(22-9-10-27-23(18-22)12-17-40-27)30(31(38)39)26(34)11-16-33-14-5-4-8-28(33)36/h4-10,13-14,18-19,25-26,30H,2-3,11-12,15-17,20-21H2,1H3,(H,38,39)/t25-,26+,30?/m1/s1. The molecule has 1 amide bonds. The zero-order valence-electron chi connectivity index (χ0n) is 22.8. The first-order chi connectivity index (χ1) is 19.5. The van der Waals surface area contributed by atoms with Crippen LogP contribution in [0.3, 0.4) is 0 Å². The second kappa shape index (κ2) is 12.5. The number of hydrogen-bond acceptors (Lipinski definition) is 6. The molecule has 0 aliphatic carbocycles. The average Bonchev–Trinajstić information content (AvgIpc) is 3.57. The van der Waals surface area contributed by atoms with Crippen LogP contribution < -0.4 is 15.2 Å². The number of anilines is 1. The molecule has 0 bridgehead atoms. The maximum absolute atomic E-state index is 13.8. The molecule has 1 unspecified atom stereocenters. The molecule has 1 aromatic carbocycles. The van der Waals surface area contributed by atoms with Gasteiger partial charge in [-0.3, -0.25) is 24.3 Å². The topological polar surface area (TPSA) is 105 Å². The van der Waals surface area contributed by atoms with Crippen LogP contribution in [0.5, 0.6) is 5.75 Å². The molecule has 1 fully saturated rings. The highest BCUT2D eigenvalue weighted by atomic mass is 16.5. The maximum atomic E-state index is 13.8. The van der Waals surface area contributed by atoms with Gasteiger partial charge in [0.25, 0.3) is 0 Å². The van der Waals surface area contributed by atoms with E-state index in [9.17, 15) is 19.5 Å². The molecule has 3 atom stereocenters. The number of pyridine rings is 2. The highest BCUT2D eigenvalue weighted by Gasteiger charge is 2.47. The molecule has 9 heteroatoms. The number of carboxylic acids is 1. The van der Waals surface area contributed by atoms with Crippen LogP contribution in [0.4, 0.5) is 5.69 Å². The van der Waals surface area contributed by atoms with Crippen molar-refractivity contribution in [2.24, 2.45) is 5.92 Å². The number of unbranched alkanes of at least 4 members (excludes halogenated alkanes) is 1. The normalized spacial score (nSPS) is 20.2. The van der Waals surface area contributed by atoms with Gasteiger partial charge in [-0.1, -0.05) is 31.5 Å². The molecule has 210 valence electrons. The van der Waals surface area contributed by atoms with Gasteiger partial charge >= 0.3 is 5.97 Å². The molecule has 1 N–H and O–H groups in total. The lowest BCUT2D eigenvalue weighted by atomic mass is 9.83. The fraction of sp³-hybridized carbons (Fsp3) is 0.419. The highest BCUT2D eigenvalue weighted by Crippen LogP contribution is 2.41. The summed E-state index contributed by atoms with van der Waals surface area (Å²) in [6.45, 7) is 4.16. The Morgan fingerprint density at radius 2 is 2.05 bits per heavy atom.